The van der Waals surface area contributed by atoms with E-state index in [2.05, 4.69) is 88.1 Å². The topological polar surface area (TPSA) is 59.7 Å². The Kier molecular flexibility index (Phi) is 6.09. The number of aromatic amines is 3. The summed E-state index contributed by atoms with van der Waals surface area (Å²) in [5, 5.41) is 0. The molecule has 29 heavy (non-hydrogen) atoms. The number of nitrogens with one attached hydrogen (secondary N) is 3. The van der Waals surface area contributed by atoms with Crippen LogP contribution in [0.15, 0.2) is 46.0 Å². The molecule has 3 N–H and O–H groups in total. The van der Waals surface area contributed by atoms with Gasteiger partial charge in [0.2, 0.25) is 32.6 Å². The average molecular weight is 483 g/mol. The molecule has 3 unspecified atom stereocenters. The minimum atomic E-state index is 0.261. The van der Waals surface area contributed by atoms with Gasteiger partial charge in [-0.15, -0.1) is 0 Å². The van der Waals surface area contributed by atoms with Crippen molar-refractivity contribution >= 4 is 54.2 Å². The molecular formula is C22H29Al2BrN4. The quantitative estimate of drug-likeness (QED) is 0.449. The second-order valence-corrected chi connectivity index (χ2v) is 12.4. The summed E-state index contributed by atoms with van der Waals surface area (Å²) in [5.41, 5.74) is 8.09. The van der Waals surface area contributed by atoms with Crippen molar-refractivity contribution in [2.45, 2.75) is 49.2 Å². The van der Waals surface area contributed by atoms with Crippen molar-refractivity contribution in [2.75, 3.05) is 0 Å². The van der Waals surface area contributed by atoms with Crippen LogP contribution < -0.4 is 0 Å². The molecule has 4 nitrogen and oxygen atoms in total. The second-order valence-electron chi connectivity index (χ2n) is 9.26. The van der Waals surface area contributed by atoms with E-state index in [9.17, 15) is 0 Å². The lowest BCUT2D eigenvalue weighted by Gasteiger charge is -2.24. The van der Waals surface area contributed by atoms with E-state index in [1.54, 1.807) is 0 Å². The molecule has 3 atom stereocenters. The van der Waals surface area contributed by atoms with E-state index >= 15 is 0 Å². The molecule has 1 aliphatic rings. The molecule has 4 heterocycles. The van der Waals surface area contributed by atoms with Crippen LogP contribution in [0.5, 0.6) is 0 Å². The van der Waals surface area contributed by atoms with Crippen molar-refractivity contribution in [3.8, 4) is 0 Å². The van der Waals surface area contributed by atoms with Gasteiger partial charge in [-0.05, 0) is 80.6 Å². The van der Waals surface area contributed by atoms with Crippen molar-refractivity contribution in [3.05, 3.63) is 69.5 Å². The van der Waals surface area contributed by atoms with Crippen molar-refractivity contribution in [2.24, 2.45) is 10.4 Å². The van der Waals surface area contributed by atoms with Crippen LogP contribution in [0.3, 0.4) is 0 Å². The molecule has 0 saturated carbocycles. The van der Waals surface area contributed by atoms with Crippen LogP contribution in [-0.2, 0) is 6.42 Å². The van der Waals surface area contributed by atoms with E-state index in [-0.39, 0.29) is 5.41 Å². The van der Waals surface area contributed by atoms with Gasteiger partial charge in [-0.25, -0.2) is 0 Å². The van der Waals surface area contributed by atoms with Crippen LogP contribution >= 0.6 is 15.9 Å². The summed E-state index contributed by atoms with van der Waals surface area (Å²) in [4.78, 5) is 15.7. The summed E-state index contributed by atoms with van der Waals surface area (Å²) in [6.45, 7) is 6.84. The van der Waals surface area contributed by atoms with E-state index in [4.69, 9.17) is 4.99 Å². The number of aliphatic imine (C=N–C) groups is 1. The molecular weight excluding hydrogens is 454 g/mol. The summed E-state index contributed by atoms with van der Waals surface area (Å²) in [7, 11) is 0. The van der Waals surface area contributed by atoms with Crippen LogP contribution in [0, 0.1) is 5.41 Å². The van der Waals surface area contributed by atoms with Crippen molar-refractivity contribution in [1.29, 1.82) is 0 Å². The first kappa shape index (κ1) is 21.3. The van der Waals surface area contributed by atoms with Gasteiger partial charge >= 0.3 is 0 Å². The maximum Gasteiger partial charge on any atom is 0.235 e. The lowest BCUT2D eigenvalue weighted by atomic mass is 9.81. The first-order valence-electron chi connectivity index (χ1n) is 10.5. The van der Waals surface area contributed by atoms with Crippen LogP contribution in [0.25, 0.3) is 0 Å². The lowest BCUT2D eigenvalue weighted by Crippen LogP contribution is -2.25. The number of nitrogens with zero attached hydrogens (tertiary/aromatic N) is 1. The molecule has 0 saturated heterocycles. The zero-order valence-corrected chi connectivity index (χ0v) is 23.5. The van der Waals surface area contributed by atoms with E-state index < -0.39 is 0 Å². The SMILES string of the molecule is CC1=NC(Cc2ccc([CH]([AlH2])c3ccc([CH]([AlH2])c4ccc(Br)[nH]4)[nH]3)[nH]2)C(C)(C)C1. The molecule has 1 aliphatic heterocycles. The monoisotopic (exact) mass is 482 g/mol. The Bertz CT molecular complexity index is 1030. The highest BCUT2D eigenvalue weighted by Crippen LogP contribution is 2.36. The van der Waals surface area contributed by atoms with Crippen molar-refractivity contribution in [1.82, 2.24) is 15.0 Å². The van der Waals surface area contributed by atoms with Gasteiger partial charge in [-0.1, -0.05) is 13.8 Å². The first-order chi connectivity index (χ1) is 13.7. The molecule has 0 bridgehead atoms. The summed E-state index contributed by atoms with van der Waals surface area (Å²) < 4.78 is 1.95. The van der Waals surface area contributed by atoms with Crippen LogP contribution in [0.4, 0.5) is 0 Å². The van der Waals surface area contributed by atoms with Crippen LogP contribution in [0.1, 0.15) is 65.2 Å². The van der Waals surface area contributed by atoms with Gasteiger partial charge in [0.25, 0.3) is 0 Å². The van der Waals surface area contributed by atoms with Gasteiger partial charge in [-0.2, -0.15) is 0 Å². The Morgan fingerprint density at radius 1 is 0.966 bits per heavy atom. The van der Waals surface area contributed by atoms with Crippen LogP contribution in [-0.4, -0.2) is 59.3 Å². The normalized spacial score (nSPS) is 20.6. The molecule has 3 aromatic rings. The molecule has 0 fully saturated rings. The molecule has 0 radical (unpaired) electrons. The predicted molar refractivity (Wildman–Crippen MR) is 130 cm³/mol. The third kappa shape index (κ3) is 4.56. The number of rotatable bonds is 6. The highest BCUT2D eigenvalue weighted by Gasteiger charge is 2.35. The van der Waals surface area contributed by atoms with Gasteiger partial charge in [0, 0.05) is 40.6 Å². The minimum Gasteiger partial charge on any atom is -0.363 e. The molecule has 4 rings (SSSR count). The number of hydrogen-bond donors (Lipinski definition) is 3. The van der Waals surface area contributed by atoms with Crippen LogP contribution in [0.2, 0.25) is 0 Å². The zero-order valence-electron chi connectivity index (χ0n) is 17.9. The molecule has 0 spiro atoms. The zero-order chi connectivity index (χ0) is 20.8. The Morgan fingerprint density at radius 2 is 1.52 bits per heavy atom. The highest BCUT2D eigenvalue weighted by atomic mass is 79.9. The molecule has 0 aromatic carbocycles. The molecule has 150 valence electrons. The minimum absolute atomic E-state index is 0.261. The molecule has 7 heteroatoms. The predicted octanol–water partition coefficient (Wildman–Crippen LogP) is 3.68. The van der Waals surface area contributed by atoms with Crippen molar-refractivity contribution < 1.29 is 0 Å². The fraction of sp³-hybridized carbons (Fsp3) is 0.409. The summed E-state index contributed by atoms with van der Waals surface area (Å²) in [6, 6.07) is 13.7. The molecule has 0 aliphatic carbocycles. The number of halogens is 1. The largest absolute Gasteiger partial charge is 0.363 e. The Balaban J connectivity index is 1.47. The fourth-order valence-electron chi connectivity index (χ4n) is 4.53. The smallest absolute Gasteiger partial charge is 0.235 e. The Hall–Kier alpha value is -0.945. The standard InChI is InChI=1S/C22H25BrN4.2Al.4H/c1-14-13-22(2,3)20(24-14)12-19-7-6-16(26-19)10-15-4-5-17(25-15)11-18-8-9-21(23)27-18;;;;;;/h4-11,20,25-27H,12-13H2,1-3H3;;;;;;. The highest BCUT2D eigenvalue weighted by molar-refractivity contribution is 9.10. The van der Waals surface area contributed by atoms with Gasteiger partial charge in [0.15, 0.2) is 0 Å². The third-order valence-corrected chi connectivity index (χ3v) is 9.39. The maximum absolute atomic E-state index is 4.90. The number of H-pyrrole nitrogens is 3. The molecule has 3 aromatic heterocycles. The van der Waals surface area contributed by atoms with Crippen molar-refractivity contribution in [3.63, 3.8) is 0 Å². The average Bonchev–Trinajstić information content (AvgIpc) is 3.42. The van der Waals surface area contributed by atoms with E-state index in [1.807, 2.05) is 0 Å². The third-order valence-electron chi connectivity index (χ3n) is 6.44. The lowest BCUT2D eigenvalue weighted by molar-refractivity contribution is 0.320. The first-order valence-corrected chi connectivity index (χ1v) is 13.6. The summed E-state index contributed by atoms with van der Waals surface area (Å²) >= 11 is 5.65. The van der Waals surface area contributed by atoms with E-state index in [0.717, 1.165) is 50.0 Å². The van der Waals surface area contributed by atoms with Gasteiger partial charge in [0.1, 0.15) is 0 Å². The van der Waals surface area contributed by atoms with E-state index in [0.29, 0.717) is 15.6 Å². The summed E-state index contributed by atoms with van der Waals surface area (Å²) in [6.07, 6.45) is 2.11. The number of aromatic nitrogens is 3. The van der Waals surface area contributed by atoms with Gasteiger partial charge in [0.05, 0.1) is 10.6 Å². The van der Waals surface area contributed by atoms with Gasteiger partial charge < -0.3 is 15.0 Å². The van der Waals surface area contributed by atoms with Gasteiger partial charge in [-0.3, -0.25) is 4.99 Å². The Labute approximate surface area is 197 Å². The fourth-order valence-corrected chi connectivity index (χ4v) is 6.24. The summed E-state index contributed by atoms with van der Waals surface area (Å²) in [5.74, 6) is 0. The molecule has 0 amide bonds. The second kappa shape index (κ2) is 8.29. The maximum atomic E-state index is 4.90. The Morgan fingerprint density at radius 3 is 2.07 bits per heavy atom. The van der Waals surface area contributed by atoms with E-state index in [1.165, 1.54) is 34.2 Å². The number of hydrogen-bond acceptors (Lipinski definition) is 1.